The minimum absolute atomic E-state index is 0.0132. The summed E-state index contributed by atoms with van der Waals surface area (Å²) in [7, 11) is -2.04. The SMILES string of the molecule is Cc1ccc(NS(=O)(=O)c2cccc(C(=O)N[C@@H](c3ccc(Cl)cc3)c3nccn3C)c2)cc1. The van der Waals surface area contributed by atoms with Gasteiger partial charge < -0.3 is 9.88 Å². The zero-order valence-electron chi connectivity index (χ0n) is 18.6. The monoisotopic (exact) mass is 494 g/mol. The van der Waals surface area contributed by atoms with Crippen LogP contribution in [0.25, 0.3) is 0 Å². The van der Waals surface area contributed by atoms with Gasteiger partial charge in [-0.05, 0) is 55.0 Å². The molecular formula is C25H23ClN4O3S. The summed E-state index contributed by atoms with van der Waals surface area (Å²) in [6.07, 6.45) is 3.43. The van der Waals surface area contributed by atoms with Gasteiger partial charge in [0.2, 0.25) is 0 Å². The number of hydrogen-bond acceptors (Lipinski definition) is 4. The van der Waals surface area contributed by atoms with Gasteiger partial charge in [0.25, 0.3) is 15.9 Å². The molecule has 174 valence electrons. The minimum atomic E-state index is -3.88. The van der Waals surface area contributed by atoms with E-state index in [1.165, 1.54) is 18.2 Å². The van der Waals surface area contributed by atoms with Gasteiger partial charge in [0.05, 0.1) is 4.90 Å². The number of sulfonamides is 1. The molecule has 0 saturated heterocycles. The van der Waals surface area contributed by atoms with Crippen molar-refractivity contribution in [3.05, 3.63) is 113 Å². The molecule has 1 atom stereocenters. The fourth-order valence-corrected chi connectivity index (χ4v) is 4.69. The van der Waals surface area contributed by atoms with Crippen LogP contribution in [0, 0.1) is 6.92 Å². The second kappa shape index (κ2) is 9.70. The molecular weight excluding hydrogens is 472 g/mol. The maximum absolute atomic E-state index is 13.2. The molecule has 0 bridgehead atoms. The largest absolute Gasteiger partial charge is 0.338 e. The number of halogens is 1. The molecule has 3 aromatic carbocycles. The highest BCUT2D eigenvalue weighted by Crippen LogP contribution is 2.24. The molecule has 0 aliphatic heterocycles. The van der Waals surface area contributed by atoms with Gasteiger partial charge in [0.1, 0.15) is 11.9 Å². The third-order valence-electron chi connectivity index (χ3n) is 5.31. The average Bonchev–Trinajstić information content (AvgIpc) is 3.25. The van der Waals surface area contributed by atoms with Crippen LogP contribution in [0.4, 0.5) is 5.69 Å². The van der Waals surface area contributed by atoms with Crippen molar-refractivity contribution in [1.29, 1.82) is 0 Å². The minimum Gasteiger partial charge on any atom is -0.338 e. The Balaban J connectivity index is 1.61. The Morgan fingerprint density at radius 1 is 1.03 bits per heavy atom. The number of aryl methyl sites for hydroxylation is 2. The third kappa shape index (κ3) is 5.30. The van der Waals surface area contributed by atoms with Crippen LogP contribution in [0.5, 0.6) is 0 Å². The predicted octanol–water partition coefficient (Wildman–Crippen LogP) is 4.70. The summed E-state index contributed by atoms with van der Waals surface area (Å²) in [6.45, 7) is 1.92. The Bertz CT molecular complexity index is 1420. The second-order valence-corrected chi connectivity index (χ2v) is 9.97. The molecule has 1 aromatic heterocycles. The van der Waals surface area contributed by atoms with Crippen LogP contribution in [0.2, 0.25) is 5.02 Å². The van der Waals surface area contributed by atoms with Gasteiger partial charge >= 0.3 is 0 Å². The normalized spacial score (nSPS) is 12.2. The van der Waals surface area contributed by atoms with Gasteiger partial charge in [-0.2, -0.15) is 0 Å². The lowest BCUT2D eigenvalue weighted by Gasteiger charge is -2.19. The number of imidazole rings is 1. The lowest BCUT2D eigenvalue weighted by Crippen LogP contribution is -2.31. The van der Waals surface area contributed by atoms with Gasteiger partial charge in [-0.1, -0.05) is 47.5 Å². The molecule has 1 heterocycles. The van der Waals surface area contributed by atoms with Crippen molar-refractivity contribution in [2.45, 2.75) is 17.9 Å². The second-order valence-electron chi connectivity index (χ2n) is 7.85. The zero-order valence-corrected chi connectivity index (χ0v) is 20.1. The van der Waals surface area contributed by atoms with Crippen molar-refractivity contribution < 1.29 is 13.2 Å². The average molecular weight is 495 g/mol. The lowest BCUT2D eigenvalue weighted by molar-refractivity contribution is 0.0941. The molecule has 34 heavy (non-hydrogen) atoms. The van der Waals surface area contributed by atoms with Crippen LogP contribution in [-0.2, 0) is 17.1 Å². The number of anilines is 1. The smallest absolute Gasteiger partial charge is 0.261 e. The van der Waals surface area contributed by atoms with Crippen LogP contribution in [0.15, 0.2) is 90.1 Å². The van der Waals surface area contributed by atoms with Crippen LogP contribution in [-0.4, -0.2) is 23.9 Å². The highest BCUT2D eigenvalue weighted by atomic mass is 35.5. The molecule has 4 aromatic rings. The van der Waals surface area contributed by atoms with E-state index in [9.17, 15) is 13.2 Å². The Kier molecular flexibility index (Phi) is 6.72. The van der Waals surface area contributed by atoms with Gasteiger partial charge in [-0.3, -0.25) is 9.52 Å². The van der Waals surface area contributed by atoms with Crippen molar-refractivity contribution in [2.24, 2.45) is 7.05 Å². The van der Waals surface area contributed by atoms with Crippen LogP contribution in [0.3, 0.4) is 0 Å². The van der Waals surface area contributed by atoms with Gasteiger partial charge in [-0.25, -0.2) is 13.4 Å². The molecule has 0 spiro atoms. The summed E-state index contributed by atoms with van der Waals surface area (Å²) in [5, 5.41) is 3.54. The maximum atomic E-state index is 13.2. The van der Waals surface area contributed by atoms with Gasteiger partial charge in [0.15, 0.2) is 0 Å². The summed E-state index contributed by atoms with van der Waals surface area (Å²) in [6, 6.07) is 19.5. The molecule has 0 aliphatic carbocycles. The molecule has 0 aliphatic rings. The lowest BCUT2D eigenvalue weighted by atomic mass is 10.1. The molecule has 0 saturated carbocycles. The Morgan fingerprint density at radius 2 is 1.74 bits per heavy atom. The summed E-state index contributed by atoms with van der Waals surface area (Å²) in [5.41, 5.74) is 2.46. The first-order valence-electron chi connectivity index (χ1n) is 10.5. The van der Waals surface area contributed by atoms with Crippen LogP contribution in [0.1, 0.15) is 33.4 Å². The fraction of sp³-hybridized carbons (Fsp3) is 0.120. The summed E-state index contributed by atoms with van der Waals surface area (Å²) in [4.78, 5) is 17.6. The Hall–Kier alpha value is -3.62. The molecule has 4 rings (SSSR count). The summed E-state index contributed by atoms with van der Waals surface area (Å²) < 4.78 is 30.2. The zero-order chi connectivity index (χ0) is 24.3. The van der Waals surface area contributed by atoms with E-state index in [-0.39, 0.29) is 10.5 Å². The number of aromatic nitrogens is 2. The highest BCUT2D eigenvalue weighted by Gasteiger charge is 2.23. The van der Waals surface area contributed by atoms with Crippen molar-refractivity contribution >= 4 is 33.2 Å². The number of rotatable bonds is 7. The Morgan fingerprint density at radius 3 is 2.38 bits per heavy atom. The number of hydrogen-bond donors (Lipinski definition) is 2. The van der Waals surface area contributed by atoms with E-state index in [0.29, 0.717) is 16.5 Å². The topological polar surface area (TPSA) is 93.1 Å². The number of carbonyl (C=O) groups is 1. The summed E-state index contributed by atoms with van der Waals surface area (Å²) in [5.74, 6) is 0.191. The molecule has 7 nitrogen and oxygen atoms in total. The van der Waals surface area contributed by atoms with E-state index in [0.717, 1.165) is 11.1 Å². The standard InChI is InChI=1S/C25H23ClN4O3S/c1-17-6-12-21(13-7-17)29-34(32,33)22-5-3-4-19(16-22)25(31)28-23(24-27-14-15-30(24)2)18-8-10-20(26)11-9-18/h3-16,23,29H,1-2H3,(H,28,31)/t23-/m0/s1. The molecule has 2 N–H and O–H groups in total. The van der Waals surface area contributed by atoms with E-state index in [1.807, 2.05) is 42.8 Å². The number of nitrogens with one attached hydrogen (secondary N) is 2. The van der Waals surface area contributed by atoms with E-state index in [4.69, 9.17) is 11.6 Å². The Labute approximate surface area is 203 Å². The molecule has 0 radical (unpaired) electrons. The van der Waals surface area contributed by atoms with E-state index in [1.54, 1.807) is 42.7 Å². The van der Waals surface area contributed by atoms with Crippen molar-refractivity contribution in [2.75, 3.05) is 4.72 Å². The maximum Gasteiger partial charge on any atom is 0.261 e. The molecule has 1 amide bonds. The number of benzene rings is 3. The van der Waals surface area contributed by atoms with Crippen LogP contribution >= 0.6 is 11.6 Å². The first-order valence-corrected chi connectivity index (χ1v) is 12.3. The summed E-state index contributed by atoms with van der Waals surface area (Å²) >= 11 is 6.03. The first kappa shape index (κ1) is 23.5. The number of nitrogens with zero attached hydrogens (tertiary/aromatic N) is 2. The number of carbonyl (C=O) groups excluding carboxylic acids is 1. The van der Waals surface area contributed by atoms with Gasteiger partial charge in [0, 0.05) is 35.7 Å². The predicted molar refractivity (Wildman–Crippen MR) is 132 cm³/mol. The van der Waals surface area contributed by atoms with Crippen LogP contribution < -0.4 is 10.0 Å². The van der Waals surface area contributed by atoms with Crippen molar-refractivity contribution in [3.63, 3.8) is 0 Å². The van der Waals surface area contributed by atoms with Gasteiger partial charge in [-0.15, -0.1) is 0 Å². The third-order valence-corrected chi connectivity index (χ3v) is 6.94. The first-order chi connectivity index (χ1) is 16.2. The van der Waals surface area contributed by atoms with E-state index in [2.05, 4.69) is 15.0 Å². The number of amides is 1. The van der Waals surface area contributed by atoms with Crippen molar-refractivity contribution in [3.8, 4) is 0 Å². The van der Waals surface area contributed by atoms with Crippen molar-refractivity contribution in [1.82, 2.24) is 14.9 Å². The molecule has 0 unspecified atom stereocenters. The van der Waals surface area contributed by atoms with E-state index < -0.39 is 22.0 Å². The quantitative estimate of drug-likeness (QED) is 0.389. The van der Waals surface area contributed by atoms with E-state index >= 15 is 0 Å². The highest BCUT2D eigenvalue weighted by molar-refractivity contribution is 7.92. The fourth-order valence-electron chi connectivity index (χ4n) is 3.46. The molecule has 0 fully saturated rings. The molecule has 9 heteroatoms.